The van der Waals surface area contributed by atoms with Crippen LogP contribution >= 0.6 is 0 Å². The van der Waals surface area contributed by atoms with E-state index in [1.807, 2.05) is 0 Å². The lowest BCUT2D eigenvalue weighted by atomic mass is 10.1. The van der Waals surface area contributed by atoms with Gasteiger partial charge in [-0.3, -0.25) is 9.36 Å². The molecule has 1 N–H and O–H groups in total. The zero-order valence-electron chi connectivity index (χ0n) is 9.39. The Kier molecular flexibility index (Phi) is 2.48. The number of nitriles is 1. The van der Waals surface area contributed by atoms with Crippen LogP contribution in [0.1, 0.15) is 5.69 Å². The van der Waals surface area contributed by atoms with E-state index >= 15 is 0 Å². The minimum absolute atomic E-state index is 0.0595. The Labute approximate surface area is 97.1 Å². The Morgan fingerprint density at radius 1 is 1.41 bits per heavy atom. The van der Waals surface area contributed by atoms with Crippen LogP contribution in [0.15, 0.2) is 23.0 Å². The fourth-order valence-electron chi connectivity index (χ4n) is 1.73. The minimum Gasteiger partial charge on any atom is -0.504 e. The van der Waals surface area contributed by atoms with Crippen molar-refractivity contribution < 1.29 is 9.84 Å². The molecule has 1 heterocycles. The van der Waals surface area contributed by atoms with Crippen LogP contribution < -0.4 is 10.3 Å². The van der Waals surface area contributed by atoms with E-state index in [2.05, 4.69) is 0 Å². The predicted molar refractivity (Wildman–Crippen MR) is 62.1 cm³/mol. The third-order valence-electron chi connectivity index (χ3n) is 2.68. The molecule has 86 valence electrons. The van der Waals surface area contributed by atoms with Crippen LogP contribution in [-0.2, 0) is 7.05 Å². The summed E-state index contributed by atoms with van der Waals surface area (Å²) in [6.07, 6.45) is 0. The van der Waals surface area contributed by atoms with Gasteiger partial charge < -0.3 is 9.84 Å². The highest BCUT2D eigenvalue weighted by Crippen LogP contribution is 2.28. The van der Waals surface area contributed by atoms with Crippen molar-refractivity contribution in [3.05, 3.63) is 34.2 Å². The molecular formula is C12H10N2O3. The van der Waals surface area contributed by atoms with Crippen LogP contribution in [-0.4, -0.2) is 16.8 Å². The largest absolute Gasteiger partial charge is 0.504 e. The fourth-order valence-corrected chi connectivity index (χ4v) is 1.73. The Morgan fingerprint density at radius 3 is 2.71 bits per heavy atom. The van der Waals surface area contributed by atoms with Gasteiger partial charge in [-0.15, -0.1) is 0 Å². The molecule has 0 saturated carbocycles. The summed E-state index contributed by atoms with van der Waals surface area (Å²) in [5, 5.41) is 19.5. The van der Waals surface area contributed by atoms with Crippen LogP contribution in [0, 0.1) is 11.3 Å². The molecule has 0 unspecified atom stereocenters. The van der Waals surface area contributed by atoms with E-state index in [0.717, 1.165) is 4.57 Å². The monoisotopic (exact) mass is 230 g/mol. The van der Waals surface area contributed by atoms with Gasteiger partial charge in [0.05, 0.1) is 12.5 Å². The van der Waals surface area contributed by atoms with Crippen LogP contribution in [0.5, 0.6) is 11.5 Å². The number of nitrogens with zero attached hydrogens (tertiary/aromatic N) is 2. The molecule has 0 atom stereocenters. The Morgan fingerprint density at radius 2 is 2.12 bits per heavy atom. The van der Waals surface area contributed by atoms with Gasteiger partial charge in [0.15, 0.2) is 11.4 Å². The molecule has 5 heteroatoms. The Bertz CT molecular complexity index is 695. The van der Waals surface area contributed by atoms with E-state index in [-0.39, 0.29) is 17.0 Å². The lowest BCUT2D eigenvalue weighted by Crippen LogP contribution is -2.19. The molecule has 2 aromatic rings. The lowest BCUT2D eigenvalue weighted by molar-refractivity contribution is 0.415. The molecule has 0 fully saturated rings. The lowest BCUT2D eigenvalue weighted by Gasteiger charge is -2.08. The van der Waals surface area contributed by atoms with Gasteiger partial charge in [-0.25, -0.2) is 0 Å². The summed E-state index contributed by atoms with van der Waals surface area (Å²) in [6, 6.07) is 6.54. The second kappa shape index (κ2) is 3.83. The summed E-state index contributed by atoms with van der Waals surface area (Å²) in [5.41, 5.74) is -0.382. The van der Waals surface area contributed by atoms with E-state index in [9.17, 15) is 9.90 Å². The van der Waals surface area contributed by atoms with E-state index < -0.39 is 0 Å². The number of ether oxygens (including phenoxy) is 1. The number of methoxy groups -OCH3 is 1. The number of rotatable bonds is 1. The van der Waals surface area contributed by atoms with Crippen LogP contribution in [0.4, 0.5) is 0 Å². The first kappa shape index (κ1) is 11.0. The number of pyridine rings is 1. The van der Waals surface area contributed by atoms with Crippen molar-refractivity contribution in [1.82, 2.24) is 4.57 Å². The highest BCUT2D eigenvalue weighted by molar-refractivity contribution is 5.90. The Balaban J connectivity index is 3.00. The van der Waals surface area contributed by atoms with Crippen molar-refractivity contribution >= 4 is 10.8 Å². The molecule has 1 aromatic heterocycles. The molecule has 0 aliphatic heterocycles. The molecule has 0 aliphatic carbocycles. The maximum Gasteiger partial charge on any atom is 0.259 e. The summed E-state index contributed by atoms with van der Waals surface area (Å²) < 4.78 is 6.15. The van der Waals surface area contributed by atoms with Crippen LogP contribution in [0.2, 0.25) is 0 Å². The molecule has 0 radical (unpaired) electrons. The van der Waals surface area contributed by atoms with Crippen LogP contribution in [0.3, 0.4) is 0 Å². The number of aromatic hydroxyl groups is 1. The van der Waals surface area contributed by atoms with Crippen molar-refractivity contribution in [3.63, 3.8) is 0 Å². The number of fused-ring (bicyclic) bond motifs is 1. The molecule has 17 heavy (non-hydrogen) atoms. The van der Waals surface area contributed by atoms with Crippen molar-refractivity contribution in [2.75, 3.05) is 7.11 Å². The first-order valence-electron chi connectivity index (χ1n) is 4.90. The average Bonchev–Trinajstić information content (AvgIpc) is 2.36. The first-order valence-corrected chi connectivity index (χ1v) is 4.90. The van der Waals surface area contributed by atoms with Gasteiger partial charge >= 0.3 is 0 Å². The van der Waals surface area contributed by atoms with Gasteiger partial charge in [-0.2, -0.15) is 5.26 Å². The summed E-state index contributed by atoms with van der Waals surface area (Å²) in [7, 11) is 2.94. The second-order valence-electron chi connectivity index (χ2n) is 3.58. The molecule has 1 aromatic carbocycles. The standard InChI is InChI=1S/C12H10N2O3/c1-14-10(6-13)11(15)9-5-7(17-2)3-4-8(9)12(14)16/h3-5,15H,1-2H3. The predicted octanol–water partition coefficient (Wildman–Crippen LogP) is 1.12. The van der Waals surface area contributed by atoms with Gasteiger partial charge in [0.2, 0.25) is 0 Å². The zero-order valence-corrected chi connectivity index (χ0v) is 9.39. The summed E-state index contributed by atoms with van der Waals surface area (Å²) in [6.45, 7) is 0. The van der Waals surface area contributed by atoms with E-state index in [1.54, 1.807) is 18.2 Å². The third-order valence-corrected chi connectivity index (χ3v) is 2.68. The summed E-state index contributed by atoms with van der Waals surface area (Å²) >= 11 is 0. The quantitative estimate of drug-likeness (QED) is 0.796. The van der Waals surface area contributed by atoms with E-state index in [4.69, 9.17) is 10.00 Å². The third kappa shape index (κ3) is 1.51. The number of aromatic nitrogens is 1. The first-order chi connectivity index (χ1) is 8.10. The number of hydrogen-bond donors (Lipinski definition) is 1. The zero-order chi connectivity index (χ0) is 12.6. The van der Waals surface area contributed by atoms with Crippen molar-refractivity contribution in [3.8, 4) is 17.6 Å². The molecular weight excluding hydrogens is 220 g/mol. The maximum absolute atomic E-state index is 11.9. The molecule has 0 saturated heterocycles. The highest BCUT2D eigenvalue weighted by atomic mass is 16.5. The normalized spacial score (nSPS) is 10.2. The average molecular weight is 230 g/mol. The molecule has 0 amide bonds. The fraction of sp³-hybridized carbons (Fsp3) is 0.167. The van der Waals surface area contributed by atoms with Gasteiger partial charge in [-0.1, -0.05) is 0 Å². The van der Waals surface area contributed by atoms with Gasteiger partial charge in [0.1, 0.15) is 11.8 Å². The molecule has 0 aliphatic rings. The number of benzene rings is 1. The smallest absolute Gasteiger partial charge is 0.259 e. The topological polar surface area (TPSA) is 75.2 Å². The number of hydrogen-bond acceptors (Lipinski definition) is 4. The van der Waals surface area contributed by atoms with Gasteiger partial charge in [-0.05, 0) is 18.2 Å². The highest BCUT2D eigenvalue weighted by Gasteiger charge is 2.14. The molecule has 2 rings (SSSR count). The second-order valence-corrected chi connectivity index (χ2v) is 3.58. The molecule has 0 spiro atoms. The van der Waals surface area contributed by atoms with Crippen molar-refractivity contribution in [2.45, 2.75) is 0 Å². The van der Waals surface area contributed by atoms with Gasteiger partial charge in [0, 0.05) is 12.4 Å². The minimum atomic E-state index is -0.322. The van der Waals surface area contributed by atoms with Crippen molar-refractivity contribution in [2.24, 2.45) is 7.05 Å². The van der Waals surface area contributed by atoms with E-state index in [0.29, 0.717) is 16.5 Å². The van der Waals surface area contributed by atoms with E-state index in [1.165, 1.54) is 20.2 Å². The molecule has 0 bridgehead atoms. The Hall–Kier alpha value is -2.48. The van der Waals surface area contributed by atoms with Crippen LogP contribution in [0.25, 0.3) is 10.8 Å². The SMILES string of the molecule is COc1ccc2c(=O)n(C)c(C#N)c(O)c2c1. The van der Waals surface area contributed by atoms with Gasteiger partial charge in [0.25, 0.3) is 5.56 Å². The van der Waals surface area contributed by atoms with Crippen molar-refractivity contribution in [1.29, 1.82) is 5.26 Å². The summed E-state index contributed by atoms with van der Waals surface area (Å²) in [4.78, 5) is 11.9. The summed E-state index contributed by atoms with van der Waals surface area (Å²) in [5.74, 6) is 0.313. The maximum atomic E-state index is 11.9. The molecule has 5 nitrogen and oxygen atoms in total.